The average Bonchev–Trinajstić information content (AvgIpc) is 2.80. The lowest BCUT2D eigenvalue weighted by Crippen LogP contribution is -2.07. The minimum absolute atomic E-state index is 0.224. The monoisotopic (exact) mass is 400 g/mol. The van der Waals surface area contributed by atoms with Crippen LogP contribution < -0.4 is 0 Å². The van der Waals surface area contributed by atoms with Crippen LogP contribution in [-0.4, -0.2) is 0 Å². The maximum atomic E-state index is 3.85. The summed E-state index contributed by atoms with van der Waals surface area (Å²) in [5, 5.41) is 0. The average molecular weight is 402 g/mol. The van der Waals surface area contributed by atoms with Crippen molar-refractivity contribution in [3.8, 4) is 0 Å². The fourth-order valence-electron chi connectivity index (χ4n) is 1.93. The molecule has 1 atom stereocenters. The van der Waals surface area contributed by atoms with Gasteiger partial charge in [0.1, 0.15) is 0 Å². The van der Waals surface area contributed by atoms with E-state index in [9.17, 15) is 0 Å². The molecule has 0 fully saturated rings. The molecule has 0 radical (unpaired) electrons. The van der Waals surface area contributed by atoms with E-state index in [0.717, 1.165) is 4.47 Å². The zero-order valence-corrected chi connectivity index (χ0v) is 15.6. The minimum Gasteiger partial charge on any atom is -0.143 e. The van der Waals surface area contributed by atoms with Crippen molar-refractivity contribution in [3.63, 3.8) is 0 Å². The Morgan fingerprint density at radius 1 is 1.11 bits per heavy atom. The van der Waals surface area contributed by atoms with E-state index >= 15 is 0 Å². The maximum absolute atomic E-state index is 3.85. The van der Waals surface area contributed by atoms with E-state index < -0.39 is 0 Å². The highest BCUT2D eigenvalue weighted by Gasteiger charge is 2.20. The first-order chi connectivity index (χ1) is 8.79. The van der Waals surface area contributed by atoms with Gasteiger partial charge in [-0.25, -0.2) is 0 Å². The Hall–Kier alpha value is -0.120. The highest BCUT2D eigenvalue weighted by Crippen LogP contribution is 2.40. The Labute approximate surface area is 136 Å². The SMILES string of the molecule is Cc1ccc(Br)cc1C(Br)c1ccc(C(C)(C)C)s1. The normalized spacial score (nSPS) is 13.6. The molecule has 2 aromatic rings. The second kappa shape index (κ2) is 5.71. The number of alkyl halides is 1. The summed E-state index contributed by atoms with van der Waals surface area (Å²) in [6, 6.07) is 10.9. The molecule has 0 aliphatic heterocycles. The topological polar surface area (TPSA) is 0 Å². The van der Waals surface area contributed by atoms with Crippen molar-refractivity contribution >= 4 is 43.2 Å². The second-order valence-electron chi connectivity index (χ2n) is 5.82. The number of hydrogen-bond donors (Lipinski definition) is 0. The molecule has 19 heavy (non-hydrogen) atoms. The van der Waals surface area contributed by atoms with Gasteiger partial charge in [0.05, 0.1) is 4.83 Å². The highest BCUT2D eigenvalue weighted by atomic mass is 79.9. The van der Waals surface area contributed by atoms with Crippen LogP contribution in [0.3, 0.4) is 0 Å². The van der Waals surface area contributed by atoms with E-state index in [0.29, 0.717) is 0 Å². The number of aryl methyl sites for hydroxylation is 1. The molecular weight excluding hydrogens is 384 g/mol. The quantitative estimate of drug-likeness (QED) is 0.497. The van der Waals surface area contributed by atoms with Gasteiger partial charge in [0, 0.05) is 14.2 Å². The molecule has 2 rings (SSSR count). The van der Waals surface area contributed by atoms with Gasteiger partial charge in [0.15, 0.2) is 0 Å². The summed E-state index contributed by atoms with van der Waals surface area (Å²) in [5.41, 5.74) is 2.87. The molecule has 1 unspecified atom stereocenters. The van der Waals surface area contributed by atoms with Crippen LogP contribution in [0.1, 0.15) is 46.5 Å². The van der Waals surface area contributed by atoms with Gasteiger partial charge in [-0.2, -0.15) is 0 Å². The first kappa shape index (κ1) is 15.3. The predicted molar refractivity (Wildman–Crippen MR) is 92.7 cm³/mol. The summed E-state index contributed by atoms with van der Waals surface area (Å²) in [5.74, 6) is 0. The summed E-state index contributed by atoms with van der Waals surface area (Å²) in [6.45, 7) is 8.94. The van der Waals surface area contributed by atoms with E-state index in [2.05, 4.69) is 89.9 Å². The van der Waals surface area contributed by atoms with Crippen LogP contribution in [0.2, 0.25) is 0 Å². The van der Waals surface area contributed by atoms with Crippen LogP contribution in [0.15, 0.2) is 34.8 Å². The van der Waals surface area contributed by atoms with E-state index in [1.54, 1.807) is 0 Å². The summed E-state index contributed by atoms with van der Waals surface area (Å²) < 4.78 is 1.13. The largest absolute Gasteiger partial charge is 0.143 e. The van der Waals surface area contributed by atoms with Gasteiger partial charge in [-0.05, 0) is 47.7 Å². The van der Waals surface area contributed by atoms with Crippen LogP contribution in [0.4, 0.5) is 0 Å². The van der Waals surface area contributed by atoms with Gasteiger partial charge in [-0.15, -0.1) is 11.3 Å². The third-order valence-corrected chi connectivity index (χ3v) is 6.49. The Morgan fingerprint density at radius 2 is 1.79 bits per heavy atom. The molecule has 0 saturated heterocycles. The van der Waals surface area contributed by atoms with Crippen molar-refractivity contribution in [2.75, 3.05) is 0 Å². The minimum atomic E-state index is 0.224. The standard InChI is InChI=1S/C16H18Br2S/c1-10-5-6-11(17)9-12(10)15(18)13-7-8-14(19-13)16(2,3)4/h5-9,15H,1-4H3. The first-order valence-electron chi connectivity index (χ1n) is 6.29. The molecule has 102 valence electrons. The maximum Gasteiger partial charge on any atom is 0.0741 e. The zero-order chi connectivity index (χ0) is 14.2. The van der Waals surface area contributed by atoms with Gasteiger partial charge >= 0.3 is 0 Å². The van der Waals surface area contributed by atoms with Gasteiger partial charge in [0.2, 0.25) is 0 Å². The lowest BCUT2D eigenvalue weighted by atomic mass is 9.95. The van der Waals surface area contributed by atoms with Crippen molar-refractivity contribution in [2.45, 2.75) is 37.9 Å². The Balaban J connectivity index is 2.36. The van der Waals surface area contributed by atoms with Gasteiger partial charge in [-0.3, -0.25) is 0 Å². The number of hydrogen-bond acceptors (Lipinski definition) is 1. The smallest absolute Gasteiger partial charge is 0.0741 e. The van der Waals surface area contributed by atoms with E-state index in [1.165, 1.54) is 20.9 Å². The third kappa shape index (κ3) is 3.50. The lowest BCUT2D eigenvalue weighted by Gasteiger charge is -2.16. The van der Waals surface area contributed by atoms with Crippen LogP contribution in [0.25, 0.3) is 0 Å². The van der Waals surface area contributed by atoms with Crippen molar-refractivity contribution in [3.05, 3.63) is 55.7 Å². The summed E-state index contributed by atoms with van der Waals surface area (Å²) >= 11 is 9.30. The van der Waals surface area contributed by atoms with Crippen molar-refractivity contribution < 1.29 is 0 Å². The van der Waals surface area contributed by atoms with Crippen molar-refractivity contribution in [1.29, 1.82) is 0 Å². The van der Waals surface area contributed by atoms with Gasteiger partial charge < -0.3 is 0 Å². The van der Waals surface area contributed by atoms with Crippen LogP contribution >= 0.6 is 43.2 Å². The summed E-state index contributed by atoms with van der Waals surface area (Å²) in [4.78, 5) is 3.07. The molecule has 0 aliphatic rings. The van der Waals surface area contributed by atoms with E-state index in [1.807, 2.05) is 11.3 Å². The molecule has 3 heteroatoms. The first-order valence-corrected chi connectivity index (χ1v) is 8.82. The molecule has 0 N–H and O–H groups in total. The Bertz CT molecular complexity index is 579. The molecule has 0 amide bonds. The molecule has 1 heterocycles. The third-order valence-electron chi connectivity index (χ3n) is 3.13. The lowest BCUT2D eigenvalue weighted by molar-refractivity contribution is 0.604. The molecule has 0 saturated carbocycles. The zero-order valence-electron chi connectivity index (χ0n) is 11.6. The number of thiophene rings is 1. The molecular formula is C16H18Br2S. The fourth-order valence-corrected chi connectivity index (χ4v) is 4.30. The van der Waals surface area contributed by atoms with Gasteiger partial charge in [0.25, 0.3) is 0 Å². The van der Waals surface area contributed by atoms with E-state index in [4.69, 9.17) is 0 Å². The van der Waals surface area contributed by atoms with Crippen molar-refractivity contribution in [1.82, 2.24) is 0 Å². The molecule has 1 aromatic heterocycles. The van der Waals surface area contributed by atoms with E-state index in [-0.39, 0.29) is 10.2 Å². The molecule has 0 spiro atoms. The number of rotatable bonds is 2. The van der Waals surface area contributed by atoms with Crippen molar-refractivity contribution in [2.24, 2.45) is 0 Å². The summed E-state index contributed by atoms with van der Waals surface area (Å²) in [7, 11) is 0. The van der Waals surface area contributed by atoms with Crippen LogP contribution in [0.5, 0.6) is 0 Å². The molecule has 0 bridgehead atoms. The number of benzene rings is 1. The fraction of sp³-hybridized carbons (Fsp3) is 0.375. The highest BCUT2D eigenvalue weighted by molar-refractivity contribution is 9.10. The van der Waals surface area contributed by atoms with Gasteiger partial charge in [-0.1, -0.05) is 58.7 Å². The number of halogens is 2. The van der Waals surface area contributed by atoms with Crippen LogP contribution in [0, 0.1) is 6.92 Å². The summed E-state index contributed by atoms with van der Waals surface area (Å²) in [6.07, 6.45) is 0. The van der Waals surface area contributed by atoms with Crippen LogP contribution in [-0.2, 0) is 5.41 Å². The Kier molecular flexibility index (Phi) is 4.59. The predicted octanol–water partition coefficient (Wildman–Crippen LogP) is 6.60. The molecule has 1 aromatic carbocycles. The molecule has 0 aliphatic carbocycles. The molecule has 0 nitrogen and oxygen atoms in total. The second-order valence-corrected chi connectivity index (χ2v) is 8.76. The Morgan fingerprint density at radius 3 is 2.37 bits per heavy atom.